The molecule has 0 bridgehead atoms. The van der Waals surface area contributed by atoms with E-state index in [9.17, 15) is 24.8 Å². The number of rotatable bonds is 5. The third-order valence-corrected chi connectivity index (χ3v) is 3.37. The fraction of sp³-hybridized carbons (Fsp3) is 0.0588. The first-order chi connectivity index (χ1) is 11.4. The maximum atomic E-state index is 12.1. The maximum absolute atomic E-state index is 12.1. The number of aliphatic carboxylic acids is 1. The summed E-state index contributed by atoms with van der Waals surface area (Å²) in [5.74, 6) is -1.84. The molecule has 1 amide bonds. The molecule has 0 radical (unpaired) electrons. The lowest BCUT2D eigenvalue weighted by atomic mass is 10.0. The van der Waals surface area contributed by atoms with Gasteiger partial charge in [0.2, 0.25) is 0 Å². The molecule has 24 heavy (non-hydrogen) atoms. The predicted molar refractivity (Wildman–Crippen MR) is 87.2 cm³/mol. The van der Waals surface area contributed by atoms with E-state index in [2.05, 4.69) is 5.32 Å². The van der Waals surface area contributed by atoms with Crippen LogP contribution in [-0.2, 0) is 4.79 Å². The van der Waals surface area contributed by atoms with Gasteiger partial charge in [-0.1, -0.05) is 18.2 Å². The van der Waals surface area contributed by atoms with E-state index in [0.717, 1.165) is 0 Å². The molecule has 0 aromatic heterocycles. The fourth-order valence-corrected chi connectivity index (χ4v) is 2.06. The molecular formula is C17H14N2O5. The molecule has 7 nitrogen and oxygen atoms in total. The Morgan fingerprint density at radius 1 is 1.00 bits per heavy atom. The first kappa shape index (κ1) is 16.9. The molecule has 122 valence electrons. The van der Waals surface area contributed by atoms with Gasteiger partial charge in [0.15, 0.2) is 0 Å². The van der Waals surface area contributed by atoms with Gasteiger partial charge in [0, 0.05) is 17.7 Å². The Bertz CT molecular complexity index is 811. The molecule has 2 aromatic carbocycles. The maximum Gasteiger partial charge on any atom is 0.352 e. The lowest BCUT2D eigenvalue weighted by molar-refractivity contribution is -0.384. The molecule has 0 aliphatic heterocycles. The van der Waals surface area contributed by atoms with Crippen molar-refractivity contribution in [3.63, 3.8) is 0 Å². The Kier molecular flexibility index (Phi) is 5.06. The normalized spacial score (nSPS) is 11.4. The Balaban J connectivity index is 2.34. The van der Waals surface area contributed by atoms with Crippen molar-refractivity contribution < 1.29 is 19.6 Å². The Morgan fingerprint density at radius 2 is 1.58 bits per heavy atom. The van der Waals surface area contributed by atoms with Crippen molar-refractivity contribution in [1.29, 1.82) is 0 Å². The minimum Gasteiger partial charge on any atom is -0.477 e. The summed E-state index contributed by atoms with van der Waals surface area (Å²) in [5, 5.41) is 22.4. The number of nitrogens with one attached hydrogen (secondary N) is 1. The van der Waals surface area contributed by atoms with Crippen LogP contribution in [0.3, 0.4) is 0 Å². The molecule has 0 fully saturated rings. The van der Waals surface area contributed by atoms with Crippen LogP contribution in [0.2, 0.25) is 0 Å². The van der Waals surface area contributed by atoms with Crippen molar-refractivity contribution in [3.8, 4) is 0 Å². The summed E-state index contributed by atoms with van der Waals surface area (Å²) in [5.41, 5.74) is 0.704. The SMILES string of the molecule is C/C(=C(/NC(=O)c1ccccc1)C(=O)O)c1ccc([N+](=O)[O-])cc1. The fourth-order valence-electron chi connectivity index (χ4n) is 2.06. The number of carbonyl (C=O) groups excluding carboxylic acids is 1. The average molecular weight is 326 g/mol. The van der Waals surface area contributed by atoms with Gasteiger partial charge in [-0.25, -0.2) is 4.79 Å². The molecule has 2 rings (SSSR count). The van der Waals surface area contributed by atoms with Gasteiger partial charge in [0.1, 0.15) is 5.70 Å². The van der Waals surface area contributed by atoms with Crippen LogP contribution in [0, 0.1) is 10.1 Å². The number of carbonyl (C=O) groups is 2. The number of hydrogen-bond donors (Lipinski definition) is 2. The minimum atomic E-state index is -1.30. The van der Waals surface area contributed by atoms with Gasteiger partial charge >= 0.3 is 5.97 Å². The average Bonchev–Trinajstić information content (AvgIpc) is 2.59. The predicted octanol–water partition coefficient (Wildman–Crippen LogP) is 2.84. The Hall–Kier alpha value is -3.48. The number of nitro groups is 1. The lowest BCUT2D eigenvalue weighted by Crippen LogP contribution is -2.28. The Labute approximate surface area is 137 Å². The molecule has 2 aromatic rings. The molecule has 0 saturated heterocycles. The molecule has 0 unspecified atom stereocenters. The van der Waals surface area contributed by atoms with Crippen molar-refractivity contribution in [2.45, 2.75) is 6.92 Å². The highest BCUT2D eigenvalue weighted by molar-refractivity contribution is 6.04. The number of nitrogens with zero attached hydrogens (tertiary/aromatic N) is 1. The van der Waals surface area contributed by atoms with Crippen molar-refractivity contribution in [2.24, 2.45) is 0 Å². The first-order valence-corrected chi connectivity index (χ1v) is 6.95. The number of allylic oxidation sites excluding steroid dienone is 1. The second kappa shape index (κ2) is 7.19. The van der Waals surface area contributed by atoms with Crippen LogP contribution in [-0.4, -0.2) is 21.9 Å². The quantitative estimate of drug-likeness (QED) is 0.499. The zero-order valence-corrected chi connectivity index (χ0v) is 12.7. The summed E-state index contributed by atoms with van der Waals surface area (Å²) in [6.45, 7) is 1.52. The van der Waals surface area contributed by atoms with E-state index in [0.29, 0.717) is 16.7 Å². The molecular weight excluding hydrogens is 312 g/mol. The topological polar surface area (TPSA) is 110 Å². The second-order valence-corrected chi connectivity index (χ2v) is 4.93. The summed E-state index contributed by atoms with van der Waals surface area (Å²) < 4.78 is 0. The minimum absolute atomic E-state index is 0.100. The van der Waals surface area contributed by atoms with Crippen LogP contribution in [0.4, 0.5) is 5.69 Å². The van der Waals surface area contributed by atoms with E-state index in [1.807, 2.05) is 0 Å². The molecule has 0 spiro atoms. The van der Waals surface area contributed by atoms with Crippen LogP contribution in [0.25, 0.3) is 5.57 Å². The van der Waals surface area contributed by atoms with Crippen molar-refractivity contribution in [1.82, 2.24) is 5.32 Å². The molecule has 0 aliphatic carbocycles. The van der Waals surface area contributed by atoms with Gasteiger partial charge in [-0.15, -0.1) is 0 Å². The number of carboxylic acid groups (broad SMARTS) is 1. The third-order valence-electron chi connectivity index (χ3n) is 3.37. The van der Waals surface area contributed by atoms with E-state index >= 15 is 0 Å². The highest BCUT2D eigenvalue weighted by atomic mass is 16.6. The van der Waals surface area contributed by atoms with Crippen LogP contribution in [0.1, 0.15) is 22.8 Å². The largest absolute Gasteiger partial charge is 0.477 e. The van der Waals surface area contributed by atoms with E-state index in [1.54, 1.807) is 30.3 Å². The van der Waals surface area contributed by atoms with Crippen LogP contribution >= 0.6 is 0 Å². The van der Waals surface area contributed by atoms with E-state index in [-0.39, 0.29) is 11.4 Å². The zero-order chi connectivity index (χ0) is 17.7. The van der Waals surface area contributed by atoms with Crippen molar-refractivity contribution >= 4 is 23.1 Å². The number of benzene rings is 2. The van der Waals surface area contributed by atoms with E-state index in [1.165, 1.54) is 31.2 Å². The number of nitro benzene ring substituents is 1. The van der Waals surface area contributed by atoms with Crippen molar-refractivity contribution in [3.05, 3.63) is 81.5 Å². The van der Waals surface area contributed by atoms with Crippen LogP contribution in [0.15, 0.2) is 60.3 Å². The summed E-state index contributed by atoms with van der Waals surface area (Å²) in [6.07, 6.45) is 0. The van der Waals surface area contributed by atoms with E-state index < -0.39 is 16.8 Å². The van der Waals surface area contributed by atoms with Gasteiger partial charge in [-0.2, -0.15) is 0 Å². The summed E-state index contributed by atoms with van der Waals surface area (Å²) in [6, 6.07) is 13.6. The Morgan fingerprint density at radius 3 is 2.08 bits per heavy atom. The lowest BCUT2D eigenvalue weighted by Gasteiger charge is -2.10. The molecule has 0 atom stereocenters. The molecule has 7 heteroatoms. The van der Waals surface area contributed by atoms with Crippen LogP contribution in [0.5, 0.6) is 0 Å². The summed E-state index contributed by atoms with van der Waals surface area (Å²) in [4.78, 5) is 33.7. The number of amides is 1. The smallest absolute Gasteiger partial charge is 0.352 e. The van der Waals surface area contributed by atoms with Gasteiger partial charge < -0.3 is 10.4 Å². The highest BCUT2D eigenvalue weighted by Gasteiger charge is 2.17. The number of hydrogen-bond acceptors (Lipinski definition) is 4. The zero-order valence-electron chi connectivity index (χ0n) is 12.7. The number of non-ortho nitro benzene ring substituents is 1. The molecule has 0 aliphatic rings. The summed E-state index contributed by atoms with van der Waals surface area (Å²) >= 11 is 0. The van der Waals surface area contributed by atoms with Gasteiger partial charge in [0.25, 0.3) is 11.6 Å². The monoisotopic (exact) mass is 326 g/mol. The highest BCUT2D eigenvalue weighted by Crippen LogP contribution is 2.21. The molecule has 0 saturated carbocycles. The van der Waals surface area contributed by atoms with Gasteiger partial charge in [-0.3, -0.25) is 14.9 Å². The first-order valence-electron chi connectivity index (χ1n) is 6.95. The summed E-state index contributed by atoms with van der Waals surface area (Å²) in [7, 11) is 0. The van der Waals surface area contributed by atoms with Gasteiger partial charge in [-0.05, 0) is 42.3 Å². The van der Waals surface area contributed by atoms with Crippen LogP contribution < -0.4 is 5.32 Å². The standard InChI is InChI=1S/C17H14N2O5/c1-11(12-7-9-14(10-8-12)19(23)24)15(17(21)22)18-16(20)13-5-3-2-4-6-13/h2-10H,1H3,(H,18,20)(H,21,22)/b15-11-. The molecule has 0 heterocycles. The number of carboxylic acids is 1. The third kappa shape index (κ3) is 3.83. The van der Waals surface area contributed by atoms with Crippen molar-refractivity contribution in [2.75, 3.05) is 0 Å². The molecule has 2 N–H and O–H groups in total. The van der Waals surface area contributed by atoms with E-state index in [4.69, 9.17) is 0 Å². The second-order valence-electron chi connectivity index (χ2n) is 4.93. The van der Waals surface area contributed by atoms with Gasteiger partial charge in [0.05, 0.1) is 4.92 Å².